The van der Waals surface area contributed by atoms with E-state index < -0.39 is 14.9 Å². The van der Waals surface area contributed by atoms with Crippen LogP contribution in [0, 0.1) is 10.1 Å². The molecule has 1 aromatic carbocycles. The first kappa shape index (κ1) is 17.1. The number of anilines is 1. The van der Waals surface area contributed by atoms with Crippen molar-refractivity contribution in [1.82, 2.24) is 9.71 Å². The summed E-state index contributed by atoms with van der Waals surface area (Å²) < 4.78 is 26.5. The van der Waals surface area contributed by atoms with Crippen molar-refractivity contribution < 1.29 is 13.3 Å². The van der Waals surface area contributed by atoms with E-state index in [-0.39, 0.29) is 17.1 Å². The molecule has 0 saturated carbocycles. The number of hydrogen-bond donors (Lipinski definition) is 2. The number of pyridine rings is 1. The first-order chi connectivity index (χ1) is 10.9. The molecule has 10 heteroatoms. The van der Waals surface area contributed by atoms with Crippen LogP contribution in [-0.4, -0.2) is 31.4 Å². The number of halogens is 1. The molecule has 8 nitrogen and oxygen atoms in total. The van der Waals surface area contributed by atoms with Gasteiger partial charge in [0.2, 0.25) is 10.0 Å². The van der Waals surface area contributed by atoms with Crippen molar-refractivity contribution >= 4 is 33.0 Å². The molecule has 0 unspecified atom stereocenters. The molecule has 2 N–H and O–H groups in total. The highest BCUT2D eigenvalue weighted by Crippen LogP contribution is 2.17. The van der Waals surface area contributed by atoms with Crippen molar-refractivity contribution in [2.75, 3.05) is 18.4 Å². The zero-order valence-electron chi connectivity index (χ0n) is 11.8. The molecule has 122 valence electrons. The summed E-state index contributed by atoms with van der Waals surface area (Å²) in [6.07, 6.45) is 1.53. The lowest BCUT2D eigenvalue weighted by atomic mass is 10.3. The first-order valence-corrected chi connectivity index (χ1v) is 8.34. The minimum absolute atomic E-state index is 0.102. The zero-order chi connectivity index (χ0) is 16.9. The van der Waals surface area contributed by atoms with E-state index in [9.17, 15) is 18.5 Å². The van der Waals surface area contributed by atoms with E-state index in [2.05, 4.69) is 15.0 Å². The fraction of sp³-hybridized carbons (Fsp3) is 0.154. The third-order valence-electron chi connectivity index (χ3n) is 2.81. The van der Waals surface area contributed by atoms with Crippen LogP contribution >= 0.6 is 11.6 Å². The molecular formula is C13H13ClN4O4S. The minimum atomic E-state index is -3.81. The summed E-state index contributed by atoms with van der Waals surface area (Å²) in [6.45, 7) is 0.416. The van der Waals surface area contributed by atoms with E-state index in [0.717, 1.165) is 6.07 Å². The summed E-state index contributed by atoms with van der Waals surface area (Å²) in [5.74, 6) is 0. The van der Waals surface area contributed by atoms with E-state index in [4.69, 9.17) is 11.6 Å². The molecule has 0 amide bonds. The average Bonchev–Trinajstić information content (AvgIpc) is 2.52. The maximum Gasteiger partial charge on any atom is 0.270 e. The number of non-ortho nitro benzene ring substituents is 1. The fourth-order valence-electron chi connectivity index (χ4n) is 1.75. The monoisotopic (exact) mass is 356 g/mol. The highest BCUT2D eigenvalue weighted by Gasteiger charge is 2.16. The lowest BCUT2D eigenvalue weighted by Gasteiger charge is -2.09. The van der Waals surface area contributed by atoms with Crippen LogP contribution in [-0.2, 0) is 10.0 Å². The van der Waals surface area contributed by atoms with Gasteiger partial charge in [0, 0.05) is 37.1 Å². The van der Waals surface area contributed by atoms with Gasteiger partial charge >= 0.3 is 0 Å². The van der Waals surface area contributed by atoms with Crippen LogP contribution in [0.1, 0.15) is 0 Å². The van der Waals surface area contributed by atoms with Crippen LogP contribution in [0.15, 0.2) is 47.5 Å². The van der Waals surface area contributed by atoms with E-state index in [0.29, 0.717) is 17.4 Å². The largest absolute Gasteiger partial charge is 0.384 e. The van der Waals surface area contributed by atoms with Crippen molar-refractivity contribution in [2.45, 2.75) is 4.90 Å². The Labute approximate surface area is 137 Å². The molecule has 1 aromatic heterocycles. The van der Waals surface area contributed by atoms with Gasteiger partial charge in [-0.05, 0) is 18.2 Å². The number of nitro groups is 1. The number of hydrogen-bond acceptors (Lipinski definition) is 6. The molecule has 2 aromatic rings. The second-order valence-corrected chi connectivity index (χ2v) is 6.60. The molecule has 2 rings (SSSR count). The SMILES string of the molecule is O=[N+]([O-])c1cccc(S(=O)(=O)NCCNc2ccnc(Cl)c2)c1. The molecule has 1 heterocycles. The number of benzene rings is 1. The third kappa shape index (κ3) is 4.88. The third-order valence-corrected chi connectivity index (χ3v) is 4.48. The number of nitro benzene ring substituents is 1. The normalized spacial score (nSPS) is 11.2. The van der Waals surface area contributed by atoms with Gasteiger partial charge in [-0.2, -0.15) is 0 Å². The number of nitrogens with one attached hydrogen (secondary N) is 2. The van der Waals surface area contributed by atoms with Crippen molar-refractivity contribution in [2.24, 2.45) is 0 Å². The number of aromatic nitrogens is 1. The van der Waals surface area contributed by atoms with Gasteiger partial charge in [0.05, 0.1) is 9.82 Å². The van der Waals surface area contributed by atoms with Crippen LogP contribution in [0.25, 0.3) is 0 Å². The van der Waals surface area contributed by atoms with Gasteiger partial charge in [0.15, 0.2) is 0 Å². The Balaban J connectivity index is 1.94. The summed E-state index contributed by atoms with van der Waals surface area (Å²) >= 11 is 5.73. The van der Waals surface area contributed by atoms with Gasteiger partial charge in [0.25, 0.3) is 5.69 Å². The Morgan fingerprint density at radius 3 is 2.70 bits per heavy atom. The van der Waals surface area contributed by atoms with Gasteiger partial charge in [-0.15, -0.1) is 0 Å². The molecule has 0 radical (unpaired) electrons. The Hall–Kier alpha value is -2.23. The molecule has 0 aliphatic heterocycles. The lowest BCUT2D eigenvalue weighted by Crippen LogP contribution is -2.29. The molecule has 0 aliphatic carbocycles. The van der Waals surface area contributed by atoms with Crippen LogP contribution < -0.4 is 10.0 Å². The van der Waals surface area contributed by atoms with Gasteiger partial charge in [-0.1, -0.05) is 17.7 Å². The Kier molecular flexibility index (Phi) is 5.48. The van der Waals surface area contributed by atoms with Crippen molar-refractivity contribution in [3.8, 4) is 0 Å². The molecule has 0 fully saturated rings. The van der Waals surface area contributed by atoms with E-state index in [1.807, 2.05) is 0 Å². The van der Waals surface area contributed by atoms with Crippen molar-refractivity contribution in [3.63, 3.8) is 0 Å². The Morgan fingerprint density at radius 2 is 2.00 bits per heavy atom. The summed E-state index contributed by atoms with van der Waals surface area (Å²) in [7, 11) is -3.81. The maximum atomic E-state index is 12.1. The summed E-state index contributed by atoms with van der Waals surface area (Å²) in [5.41, 5.74) is 0.428. The summed E-state index contributed by atoms with van der Waals surface area (Å²) in [5, 5.41) is 14.0. The van der Waals surface area contributed by atoms with Gasteiger partial charge in [0.1, 0.15) is 5.15 Å². The standard InChI is InChI=1S/C13H13ClN4O4S/c14-13-8-10(4-5-16-13)15-6-7-17-23(21,22)12-3-1-2-11(9-12)18(19)20/h1-5,8-9,17H,6-7H2,(H,15,16). The second kappa shape index (κ2) is 7.36. The molecule has 23 heavy (non-hydrogen) atoms. The average molecular weight is 357 g/mol. The van der Waals surface area contributed by atoms with Crippen LogP contribution in [0.3, 0.4) is 0 Å². The molecule has 0 atom stereocenters. The van der Waals surface area contributed by atoms with Crippen molar-refractivity contribution in [1.29, 1.82) is 0 Å². The fourth-order valence-corrected chi connectivity index (χ4v) is 3.00. The highest BCUT2D eigenvalue weighted by molar-refractivity contribution is 7.89. The number of nitrogens with zero attached hydrogens (tertiary/aromatic N) is 2. The van der Waals surface area contributed by atoms with Gasteiger partial charge in [-0.25, -0.2) is 18.1 Å². The topological polar surface area (TPSA) is 114 Å². The summed E-state index contributed by atoms with van der Waals surface area (Å²) in [6, 6.07) is 8.17. The van der Waals surface area contributed by atoms with E-state index in [1.54, 1.807) is 12.1 Å². The predicted octanol–water partition coefficient (Wildman–Crippen LogP) is 2.03. The van der Waals surface area contributed by atoms with Crippen LogP contribution in [0.4, 0.5) is 11.4 Å². The predicted molar refractivity (Wildman–Crippen MR) is 86.0 cm³/mol. The Bertz CT molecular complexity index is 813. The maximum absolute atomic E-state index is 12.1. The zero-order valence-corrected chi connectivity index (χ0v) is 13.3. The molecule has 0 aliphatic rings. The van der Waals surface area contributed by atoms with Crippen molar-refractivity contribution in [3.05, 3.63) is 57.9 Å². The number of rotatable bonds is 7. The lowest BCUT2D eigenvalue weighted by molar-refractivity contribution is -0.385. The van der Waals surface area contributed by atoms with Gasteiger partial charge in [-0.3, -0.25) is 10.1 Å². The first-order valence-electron chi connectivity index (χ1n) is 6.48. The van der Waals surface area contributed by atoms with E-state index >= 15 is 0 Å². The molecular weight excluding hydrogens is 344 g/mol. The second-order valence-electron chi connectivity index (χ2n) is 4.45. The summed E-state index contributed by atoms with van der Waals surface area (Å²) in [4.78, 5) is 13.7. The molecule has 0 spiro atoms. The Morgan fingerprint density at radius 1 is 1.22 bits per heavy atom. The molecule has 0 saturated heterocycles. The number of sulfonamides is 1. The van der Waals surface area contributed by atoms with Crippen LogP contribution in [0.5, 0.6) is 0 Å². The van der Waals surface area contributed by atoms with E-state index in [1.165, 1.54) is 24.4 Å². The quantitative estimate of drug-likeness (QED) is 0.339. The minimum Gasteiger partial charge on any atom is -0.384 e. The molecule has 0 bridgehead atoms. The van der Waals surface area contributed by atoms with Gasteiger partial charge < -0.3 is 5.32 Å². The highest BCUT2D eigenvalue weighted by atomic mass is 35.5. The van der Waals surface area contributed by atoms with Crippen LogP contribution in [0.2, 0.25) is 5.15 Å². The smallest absolute Gasteiger partial charge is 0.270 e.